The number of halogens is 1. The van der Waals surface area contributed by atoms with E-state index in [1.807, 2.05) is 60.8 Å². The first-order valence-corrected chi connectivity index (χ1v) is 11.5. The summed E-state index contributed by atoms with van der Waals surface area (Å²) in [6, 6.07) is 23.5. The monoisotopic (exact) mass is 473 g/mol. The van der Waals surface area contributed by atoms with Crippen molar-refractivity contribution in [3.63, 3.8) is 0 Å². The molecule has 35 heavy (non-hydrogen) atoms. The van der Waals surface area contributed by atoms with Crippen LogP contribution in [0.1, 0.15) is 23.6 Å². The molecule has 1 atom stereocenters. The summed E-state index contributed by atoms with van der Waals surface area (Å²) < 4.78 is 18.7. The van der Waals surface area contributed by atoms with Gasteiger partial charge >= 0.3 is 6.09 Å². The molecule has 0 radical (unpaired) electrons. The molecule has 180 valence electrons. The van der Waals surface area contributed by atoms with Crippen molar-refractivity contribution >= 4 is 22.9 Å². The second kappa shape index (κ2) is 10.9. The molecule has 0 saturated carbocycles. The Morgan fingerprint density at radius 1 is 0.971 bits per heavy atom. The topological polar surface area (TPSA) is 83.2 Å². The molecular formula is C28H28FN3O3. The summed E-state index contributed by atoms with van der Waals surface area (Å²) in [5.41, 5.74) is 2.19. The van der Waals surface area contributed by atoms with Crippen molar-refractivity contribution < 1.29 is 18.7 Å². The van der Waals surface area contributed by atoms with Gasteiger partial charge in [-0.1, -0.05) is 60.7 Å². The summed E-state index contributed by atoms with van der Waals surface area (Å²) in [6.07, 6.45) is 2.01. The van der Waals surface area contributed by atoms with Gasteiger partial charge in [-0.2, -0.15) is 0 Å². The van der Waals surface area contributed by atoms with Crippen molar-refractivity contribution in [2.45, 2.75) is 31.9 Å². The van der Waals surface area contributed by atoms with Crippen LogP contribution in [0.5, 0.6) is 0 Å². The highest BCUT2D eigenvalue weighted by Gasteiger charge is 2.36. The van der Waals surface area contributed by atoms with E-state index in [4.69, 9.17) is 4.74 Å². The van der Waals surface area contributed by atoms with Gasteiger partial charge in [-0.3, -0.25) is 4.79 Å². The average molecular weight is 474 g/mol. The molecule has 1 aromatic heterocycles. The van der Waals surface area contributed by atoms with Crippen LogP contribution in [0, 0.1) is 5.82 Å². The van der Waals surface area contributed by atoms with E-state index >= 15 is 0 Å². The van der Waals surface area contributed by atoms with E-state index in [9.17, 15) is 14.0 Å². The minimum Gasteiger partial charge on any atom is -0.445 e. The largest absolute Gasteiger partial charge is 0.445 e. The number of rotatable bonds is 9. The summed E-state index contributed by atoms with van der Waals surface area (Å²) in [7, 11) is 0. The Kier molecular flexibility index (Phi) is 7.45. The van der Waals surface area contributed by atoms with Gasteiger partial charge in [-0.05, 0) is 48.2 Å². The molecule has 7 heteroatoms. The maximum Gasteiger partial charge on any atom is 0.408 e. The number of hydrogen-bond donors (Lipinski definition) is 3. The Hall–Kier alpha value is -4.13. The Morgan fingerprint density at radius 2 is 1.71 bits per heavy atom. The average Bonchev–Trinajstić information content (AvgIpc) is 3.26. The summed E-state index contributed by atoms with van der Waals surface area (Å²) in [6.45, 7) is 1.99. The van der Waals surface area contributed by atoms with Crippen LogP contribution in [-0.4, -0.2) is 29.1 Å². The van der Waals surface area contributed by atoms with Gasteiger partial charge in [0.1, 0.15) is 18.0 Å². The lowest BCUT2D eigenvalue weighted by Gasteiger charge is -2.29. The third-order valence-electron chi connectivity index (χ3n) is 5.90. The van der Waals surface area contributed by atoms with E-state index in [0.717, 1.165) is 22.0 Å². The summed E-state index contributed by atoms with van der Waals surface area (Å²) in [4.78, 5) is 29.2. The molecule has 0 aliphatic heterocycles. The zero-order valence-electron chi connectivity index (χ0n) is 19.5. The van der Waals surface area contributed by atoms with Crippen molar-refractivity contribution in [2.24, 2.45) is 0 Å². The highest BCUT2D eigenvalue weighted by atomic mass is 19.1. The van der Waals surface area contributed by atoms with Gasteiger partial charge in [0.2, 0.25) is 5.91 Å². The lowest BCUT2D eigenvalue weighted by Crippen LogP contribution is -2.58. The highest BCUT2D eigenvalue weighted by molar-refractivity contribution is 5.91. The van der Waals surface area contributed by atoms with Crippen molar-refractivity contribution in [3.05, 3.63) is 108 Å². The number of ether oxygens (including phenoxy) is 1. The number of carbonyl (C=O) groups is 2. The number of amides is 2. The van der Waals surface area contributed by atoms with E-state index in [1.165, 1.54) is 12.1 Å². The number of fused-ring (bicyclic) bond motifs is 1. The van der Waals surface area contributed by atoms with Crippen LogP contribution in [0.4, 0.5) is 9.18 Å². The molecule has 1 heterocycles. The van der Waals surface area contributed by atoms with Gasteiger partial charge in [-0.15, -0.1) is 0 Å². The van der Waals surface area contributed by atoms with E-state index in [2.05, 4.69) is 15.6 Å². The second-order valence-electron chi connectivity index (χ2n) is 8.69. The van der Waals surface area contributed by atoms with Crippen LogP contribution in [-0.2, 0) is 29.0 Å². The van der Waals surface area contributed by atoms with E-state index in [-0.39, 0.29) is 18.9 Å². The Morgan fingerprint density at radius 3 is 2.51 bits per heavy atom. The van der Waals surface area contributed by atoms with Gasteiger partial charge in [0.05, 0.1) is 0 Å². The second-order valence-corrected chi connectivity index (χ2v) is 8.69. The van der Waals surface area contributed by atoms with Gasteiger partial charge in [0.15, 0.2) is 0 Å². The fourth-order valence-corrected chi connectivity index (χ4v) is 4.04. The van der Waals surface area contributed by atoms with Gasteiger partial charge in [0.25, 0.3) is 0 Å². The Balaban J connectivity index is 1.47. The first kappa shape index (κ1) is 24.0. The van der Waals surface area contributed by atoms with Gasteiger partial charge < -0.3 is 20.4 Å². The molecule has 0 fully saturated rings. The normalized spacial score (nSPS) is 12.6. The molecule has 0 aliphatic carbocycles. The summed E-state index contributed by atoms with van der Waals surface area (Å²) >= 11 is 0. The quantitative estimate of drug-likeness (QED) is 0.324. The van der Waals surface area contributed by atoms with Crippen LogP contribution in [0.3, 0.4) is 0 Å². The lowest BCUT2D eigenvalue weighted by molar-refractivity contribution is -0.126. The third kappa shape index (κ3) is 6.26. The first-order chi connectivity index (χ1) is 16.9. The maximum absolute atomic E-state index is 13.4. The van der Waals surface area contributed by atoms with E-state index < -0.39 is 17.4 Å². The van der Waals surface area contributed by atoms with Crippen LogP contribution in [0.2, 0.25) is 0 Å². The van der Waals surface area contributed by atoms with Crippen LogP contribution in [0.15, 0.2) is 85.1 Å². The van der Waals surface area contributed by atoms with Crippen LogP contribution < -0.4 is 10.6 Å². The lowest BCUT2D eigenvalue weighted by atomic mass is 9.91. The van der Waals surface area contributed by atoms with Crippen molar-refractivity contribution in [1.29, 1.82) is 0 Å². The van der Waals surface area contributed by atoms with Gasteiger partial charge in [-0.25, -0.2) is 9.18 Å². The zero-order chi connectivity index (χ0) is 24.7. The Labute approximate surface area is 203 Å². The number of para-hydroxylation sites is 1. The molecule has 6 nitrogen and oxygen atoms in total. The number of carbonyl (C=O) groups excluding carboxylic acids is 2. The number of alkyl carbamates (subject to hydrolysis) is 1. The standard InChI is InChI=1S/C28H28FN3O3/c1-28(17-22-18-31-25-13-6-5-12-24(22)25,26(33)30-15-14-20-8-3-2-4-9-20)32-27(34)35-19-21-10-7-11-23(29)16-21/h2-13,16,18,31H,14-15,17,19H2,1H3,(H,30,33)(H,32,34)/t28-/m1/s1. The Bertz CT molecular complexity index is 1310. The number of aromatic amines is 1. The number of benzene rings is 3. The minimum atomic E-state index is -1.28. The molecule has 3 aromatic carbocycles. The van der Waals surface area contributed by atoms with E-state index in [0.29, 0.717) is 18.5 Å². The summed E-state index contributed by atoms with van der Waals surface area (Å²) in [5, 5.41) is 6.68. The molecule has 0 unspecified atom stereocenters. The maximum atomic E-state index is 13.4. The minimum absolute atomic E-state index is 0.109. The predicted octanol–water partition coefficient (Wildman–Crippen LogP) is 4.89. The van der Waals surface area contributed by atoms with E-state index in [1.54, 1.807) is 19.1 Å². The molecule has 4 rings (SSSR count). The molecule has 4 aromatic rings. The first-order valence-electron chi connectivity index (χ1n) is 11.5. The number of hydrogen-bond acceptors (Lipinski definition) is 3. The van der Waals surface area contributed by atoms with Crippen LogP contribution in [0.25, 0.3) is 10.9 Å². The fraction of sp³-hybridized carbons (Fsp3) is 0.214. The number of nitrogens with one attached hydrogen (secondary N) is 3. The molecule has 2 amide bonds. The number of H-pyrrole nitrogens is 1. The molecular weight excluding hydrogens is 445 g/mol. The SMILES string of the molecule is C[C@](Cc1c[nH]c2ccccc12)(NC(=O)OCc1cccc(F)c1)C(=O)NCCc1ccccc1. The molecule has 0 spiro atoms. The fourth-order valence-electron chi connectivity index (χ4n) is 4.04. The molecule has 0 aliphatic rings. The van der Waals surface area contributed by atoms with Gasteiger partial charge in [0, 0.05) is 30.1 Å². The van der Waals surface area contributed by atoms with Crippen molar-refractivity contribution in [3.8, 4) is 0 Å². The molecule has 0 bridgehead atoms. The molecule has 0 saturated heterocycles. The predicted molar refractivity (Wildman–Crippen MR) is 133 cm³/mol. The zero-order valence-corrected chi connectivity index (χ0v) is 19.5. The van der Waals surface area contributed by atoms with Crippen molar-refractivity contribution in [1.82, 2.24) is 15.6 Å². The smallest absolute Gasteiger partial charge is 0.408 e. The molecule has 3 N–H and O–H groups in total. The number of aromatic nitrogens is 1. The third-order valence-corrected chi connectivity index (χ3v) is 5.90. The highest BCUT2D eigenvalue weighted by Crippen LogP contribution is 2.23. The van der Waals surface area contributed by atoms with Crippen LogP contribution >= 0.6 is 0 Å². The van der Waals surface area contributed by atoms with Crippen molar-refractivity contribution in [2.75, 3.05) is 6.54 Å². The summed E-state index contributed by atoms with van der Waals surface area (Å²) in [5.74, 6) is -0.727.